The second-order valence-electron chi connectivity index (χ2n) is 5.84. The van der Waals surface area contributed by atoms with Crippen molar-refractivity contribution in [3.8, 4) is 0 Å². The number of fused-ring (bicyclic) bond motifs is 1. The maximum absolute atomic E-state index is 5.99. The molecule has 1 aromatic heterocycles. The van der Waals surface area contributed by atoms with Crippen molar-refractivity contribution in [3.05, 3.63) is 53.6 Å². The Labute approximate surface area is 126 Å². The monoisotopic (exact) mass is 285 g/mol. The van der Waals surface area contributed by atoms with E-state index in [9.17, 15) is 0 Å². The summed E-state index contributed by atoms with van der Waals surface area (Å²) in [7, 11) is 0. The predicted octanol–water partition coefficient (Wildman–Crippen LogP) is 2.70. The first-order chi connectivity index (χ1) is 10.2. The Morgan fingerprint density at radius 3 is 3.10 bits per heavy atom. The molecule has 1 N–H and O–H groups in total. The van der Waals surface area contributed by atoms with Crippen LogP contribution in [0, 0.1) is 0 Å². The molecule has 3 rings (SSSR count). The van der Waals surface area contributed by atoms with E-state index in [1.54, 1.807) is 0 Å². The van der Waals surface area contributed by atoms with Gasteiger partial charge in [0, 0.05) is 18.4 Å². The summed E-state index contributed by atoms with van der Waals surface area (Å²) in [5.74, 6) is 1.07. The highest BCUT2D eigenvalue weighted by Gasteiger charge is 2.21. The highest BCUT2D eigenvalue weighted by atomic mass is 16.5. The molecule has 1 aliphatic heterocycles. The normalized spacial score (nSPS) is 18.0. The van der Waals surface area contributed by atoms with Crippen molar-refractivity contribution >= 4 is 0 Å². The molecule has 1 aromatic carbocycles. The molecule has 0 bridgehead atoms. The lowest BCUT2D eigenvalue weighted by Crippen LogP contribution is -2.26. The Balaban J connectivity index is 1.75. The van der Waals surface area contributed by atoms with Crippen molar-refractivity contribution < 1.29 is 4.74 Å². The molecular formula is C17H23N3O. The van der Waals surface area contributed by atoms with Crippen LogP contribution in [0.15, 0.2) is 36.7 Å². The van der Waals surface area contributed by atoms with Crippen LogP contribution in [-0.4, -0.2) is 22.2 Å². The van der Waals surface area contributed by atoms with E-state index in [4.69, 9.17) is 4.74 Å². The molecule has 1 aliphatic rings. The van der Waals surface area contributed by atoms with Gasteiger partial charge in [-0.25, -0.2) is 4.98 Å². The van der Waals surface area contributed by atoms with Crippen molar-refractivity contribution in [3.63, 3.8) is 0 Å². The summed E-state index contributed by atoms with van der Waals surface area (Å²) < 4.78 is 8.19. The third kappa shape index (κ3) is 3.34. The van der Waals surface area contributed by atoms with Crippen LogP contribution in [0.5, 0.6) is 0 Å². The second kappa shape index (κ2) is 6.41. The van der Waals surface area contributed by atoms with Gasteiger partial charge in [-0.3, -0.25) is 0 Å². The van der Waals surface area contributed by atoms with Crippen LogP contribution in [0.1, 0.15) is 36.9 Å². The molecule has 4 nitrogen and oxygen atoms in total. The highest BCUT2D eigenvalue weighted by Crippen LogP contribution is 2.28. The first kappa shape index (κ1) is 14.3. The molecule has 0 amide bonds. The zero-order valence-corrected chi connectivity index (χ0v) is 12.7. The number of nitrogens with zero attached hydrogens (tertiary/aromatic N) is 2. The zero-order chi connectivity index (χ0) is 14.7. The summed E-state index contributed by atoms with van der Waals surface area (Å²) in [5, 5.41) is 3.42. The van der Waals surface area contributed by atoms with Gasteiger partial charge in [0.05, 0.1) is 19.7 Å². The molecule has 2 heterocycles. The van der Waals surface area contributed by atoms with Crippen molar-refractivity contribution in [1.82, 2.24) is 14.9 Å². The number of imidazole rings is 1. The van der Waals surface area contributed by atoms with E-state index >= 15 is 0 Å². The van der Waals surface area contributed by atoms with E-state index in [0.29, 0.717) is 6.04 Å². The van der Waals surface area contributed by atoms with E-state index in [1.807, 2.05) is 12.4 Å². The quantitative estimate of drug-likeness (QED) is 0.918. The SMILES string of the molecule is CC(C)NCc1nccn1CC1OCCc2ccccc21. The number of hydrogen-bond acceptors (Lipinski definition) is 3. The minimum absolute atomic E-state index is 0.127. The summed E-state index contributed by atoms with van der Waals surface area (Å²) in [6, 6.07) is 9.05. The molecule has 2 aromatic rings. The summed E-state index contributed by atoms with van der Waals surface area (Å²) in [5.41, 5.74) is 2.73. The largest absolute Gasteiger partial charge is 0.371 e. The predicted molar refractivity (Wildman–Crippen MR) is 83.0 cm³/mol. The summed E-state index contributed by atoms with van der Waals surface area (Å²) >= 11 is 0. The van der Waals surface area contributed by atoms with Gasteiger partial charge in [-0.2, -0.15) is 0 Å². The number of benzene rings is 1. The van der Waals surface area contributed by atoms with Crippen molar-refractivity contribution in [2.75, 3.05) is 6.61 Å². The molecule has 1 atom stereocenters. The lowest BCUT2D eigenvalue weighted by molar-refractivity contribution is 0.0300. The van der Waals surface area contributed by atoms with Crippen molar-refractivity contribution in [1.29, 1.82) is 0 Å². The minimum atomic E-state index is 0.127. The summed E-state index contributed by atoms with van der Waals surface area (Å²) in [6.07, 6.45) is 5.05. The Bertz CT molecular complexity index is 591. The van der Waals surface area contributed by atoms with Gasteiger partial charge in [0.15, 0.2) is 0 Å². The van der Waals surface area contributed by atoms with Crippen LogP contribution in [0.4, 0.5) is 0 Å². The number of hydrogen-bond donors (Lipinski definition) is 1. The summed E-state index contributed by atoms with van der Waals surface area (Å²) in [4.78, 5) is 4.45. The Morgan fingerprint density at radius 2 is 2.24 bits per heavy atom. The molecular weight excluding hydrogens is 262 g/mol. The fourth-order valence-corrected chi connectivity index (χ4v) is 2.78. The third-order valence-corrected chi connectivity index (χ3v) is 3.93. The van der Waals surface area contributed by atoms with Crippen LogP contribution < -0.4 is 5.32 Å². The highest BCUT2D eigenvalue weighted by molar-refractivity contribution is 5.30. The fraction of sp³-hybridized carbons (Fsp3) is 0.471. The van der Waals surface area contributed by atoms with E-state index in [1.165, 1.54) is 11.1 Å². The molecule has 1 unspecified atom stereocenters. The lowest BCUT2D eigenvalue weighted by Gasteiger charge is -2.27. The molecule has 0 saturated carbocycles. The number of ether oxygens (including phenoxy) is 1. The fourth-order valence-electron chi connectivity index (χ4n) is 2.78. The maximum atomic E-state index is 5.99. The average Bonchev–Trinajstić information content (AvgIpc) is 2.93. The van der Waals surface area contributed by atoms with Crippen LogP contribution in [0.25, 0.3) is 0 Å². The van der Waals surface area contributed by atoms with Gasteiger partial charge >= 0.3 is 0 Å². The molecule has 4 heteroatoms. The smallest absolute Gasteiger partial charge is 0.122 e. The van der Waals surface area contributed by atoms with E-state index in [2.05, 4.69) is 53.0 Å². The summed E-state index contributed by atoms with van der Waals surface area (Å²) in [6.45, 7) is 6.71. The average molecular weight is 285 g/mol. The number of aromatic nitrogens is 2. The van der Waals surface area contributed by atoms with Crippen LogP contribution in [0.2, 0.25) is 0 Å². The van der Waals surface area contributed by atoms with Gasteiger partial charge in [-0.05, 0) is 17.5 Å². The van der Waals surface area contributed by atoms with Gasteiger partial charge < -0.3 is 14.6 Å². The molecule has 0 fully saturated rings. The lowest BCUT2D eigenvalue weighted by atomic mass is 9.97. The van der Waals surface area contributed by atoms with Crippen LogP contribution in [-0.2, 0) is 24.2 Å². The Morgan fingerprint density at radius 1 is 1.38 bits per heavy atom. The molecule has 0 aliphatic carbocycles. The minimum Gasteiger partial charge on any atom is -0.371 e. The van der Waals surface area contributed by atoms with Gasteiger partial charge in [0.2, 0.25) is 0 Å². The van der Waals surface area contributed by atoms with Gasteiger partial charge in [-0.1, -0.05) is 38.1 Å². The van der Waals surface area contributed by atoms with Crippen LogP contribution in [0.3, 0.4) is 0 Å². The molecule has 0 spiro atoms. The number of nitrogens with one attached hydrogen (secondary N) is 1. The third-order valence-electron chi connectivity index (χ3n) is 3.93. The van der Waals surface area contributed by atoms with E-state index in [-0.39, 0.29) is 6.10 Å². The molecule has 21 heavy (non-hydrogen) atoms. The second-order valence-corrected chi connectivity index (χ2v) is 5.84. The van der Waals surface area contributed by atoms with Crippen molar-refractivity contribution in [2.45, 2.75) is 45.5 Å². The standard InChI is InChI=1S/C17H23N3O/c1-13(2)19-11-17-18-8-9-20(17)12-16-15-6-4-3-5-14(15)7-10-21-16/h3-6,8-9,13,16,19H,7,10-12H2,1-2H3. The van der Waals surface area contributed by atoms with Gasteiger partial charge in [0.1, 0.15) is 11.9 Å². The molecule has 112 valence electrons. The number of rotatable bonds is 5. The molecule has 0 radical (unpaired) electrons. The topological polar surface area (TPSA) is 39.1 Å². The Hall–Kier alpha value is -1.65. The molecule has 0 saturated heterocycles. The maximum Gasteiger partial charge on any atom is 0.122 e. The zero-order valence-electron chi connectivity index (χ0n) is 12.7. The van der Waals surface area contributed by atoms with Crippen LogP contribution >= 0.6 is 0 Å². The Kier molecular flexibility index (Phi) is 4.36. The van der Waals surface area contributed by atoms with Gasteiger partial charge in [0.25, 0.3) is 0 Å². The first-order valence-electron chi connectivity index (χ1n) is 7.67. The van der Waals surface area contributed by atoms with Crippen molar-refractivity contribution in [2.24, 2.45) is 0 Å². The van der Waals surface area contributed by atoms with E-state index < -0.39 is 0 Å². The van der Waals surface area contributed by atoms with E-state index in [0.717, 1.165) is 31.9 Å². The van der Waals surface area contributed by atoms with Gasteiger partial charge in [-0.15, -0.1) is 0 Å². The first-order valence-corrected chi connectivity index (χ1v) is 7.67.